The predicted octanol–water partition coefficient (Wildman–Crippen LogP) is 2.98. The number of rotatable bonds is 5. The fraction of sp³-hybridized carbons (Fsp3) is 0.316. The van der Waals surface area contributed by atoms with E-state index in [1.165, 1.54) is 0 Å². The molecule has 3 rings (SSSR count). The van der Waals surface area contributed by atoms with Gasteiger partial charge in [0.25, 0.3) is 5.91 Å². The lowest BCUT2D eigenvalue weighted by Crippen LogP contribution is -2.28. The second-order valence-electron chi connectivity index (χ2n) is 6.07. The number of hydrogen-bond donors (Lipinski definition) is 0. The van der Waals surface area contributed by atoms with Gasteiger partial charge >= 0.3 is 0 Å². The zero-order chi connectivity index (χ0) is 18.7. The largest absolute Gasteiger partial charge is 0.360 e. The van der Waals surface area contributed by atoms with Gasteiger partial charge in [-0.25, -0.2) is 9.97 Å². The van der Waals surface area contributed by atoms with Gasteiger partial charge in [0.1, 0.15) is 17.1 Å². The summed E-state index contributed by atoms with van der Waals surface area (Å²) in [7, 11) is 1.74. The third-order valence-corrected chi connectivity index (χ3v) is 4.13. The normalized spacial score (nSPS) is 10.8. The maximum absolute atomic E-state index is 12.9. The van der Waals surface area contributed by atoms with E-state index < -0.39 is 0 Å². The van der Waals surface area contributed by atoms with E-state index in [0.717, 1.165) is 17.0 Å². The smallest absolute Gasteiger partial charge is 0.259 e. The molecule has 3 aromatic heterocycles. The summed E-state index contributed by atoms with van der Waals surface area (Å²) in [6, 6.07) is 5.67. The number of carbonyl (C=O) groups excluding carboxylic acids is 1. The SMILES string of the molecule is CCc1onc(C)c1C(=O)N(C)Cc1nc(C)ncc1-c1ccccn1. The van der Waals surface area contributed by atoms with Crippen molar-refractivity contribution in [2.45, 2.75) is 33.7 Å². The third kappa shape index (κ3) is 3.46. The average molecular weight is 351 g/mol. The first-order valence-corrected chi connectivity index (χ1v) is 8.45. The van der Waals surface area contributed by atoms with Crippen molar-refractivity contribution in [1.82, 2.24) is 25.0 Å². The van der Waals surface area contributed by atoms with Gasteiger partial charge in [-0.1, -0.05) is 18.1 Å². The minimum absolute atomic E-state index is 0.135. The van der Waals surface area contributed by atoms with Gasteiger partial charge in [0.2, 0.25) is 0 Å². The van der Waals surface area contributed by atoms with Gasteiger partial charge in [0.15, 0.2) is 0 Å². The molecule has 0 atom stereocenters. The molecule has 0 radical (unpaired) electrons. The molecule has 0 aliphatic carbocycles. The van der Waals surface area contributed by atoms with Crippen molar-refractivity contribution < 1.29 is 9.32 Å². The number of aromatic nitrogens is 4. The Hall–Kier alpha value is -3.09. The quantitative estimate of drug-likeness (QED) is 0.702. The maximum atomic E-state index is 12.9. The molecule has 1 amide bonds. The Balaban J connectivity index is 1.92. The average Bonchev–Trinajstić information content (AvgIpc) is 3.02. The van der Waals surface area contributed by atoms with Crippen LogP contribution in [0.5, 0.6) is 0 Å². The maximum Gasteiger partial charge on any atom is 0.259 e. The second kappa shape index (κ2) is 7.43. The molecule has 0 N–H and O–H groups in total. The summed E-state index contributed by atoms with van der Waals surface area (Å²) >= 11 is 0. The van der Waals surface area contributed by atoms with E-state index in [4.69, 9.17) is 4.52 Å². The molecule has 3 aromatic rings. The predicted molar refractivity (Wildman–Crippen MR) is 96.4 cm³/mol. The van der Waals surface area contributed by atoms with Gasteiger partial charge in [-0.2, -0.15) is 0 Å². The number of nitrogens with zero attached hydrogens (tertiary/aromatic N) is 5. The highest BCUT2D eigenvalue weighted by Gasteiger charge is 2.23. The summed E-state index contributed by atoms with van der Waals surface area (Å²) in [5.74, 6) is 1.11. The van der Waals surface area contributed by atoms with Crippen molar-refractivity contribution in [2.24, 2.45) is 0 Å². The van der Waals surface area contributed by atoms with E-state index in [0.29, 0.717) is 35.8 Å². The molecule has 0 fully saturated rings. The van der Waals surface area contributed by atoms with Crippen molar-refractivity contribution in [3.8, 4) is 11.3 Å². The van der Waals surface area contributed by atoms with Crippen molar-refractivity contribution in [2.75, 3.05) is 7.05 Å². The summed E-state index contributed by atoms with van der Waals surface area (Å²) in [5, 5.41) is 3.92. The number of amides is 1. The van der Waals surface area contributed by atoms with Crippen molar-refractivity contribution >= 4 is 5.91 Å². The van der Waals surface area contributed by atoms with Gasteiger partial charge in [-0.3, -0.25) is 9.78 Å². The van der Waals surface area contributed by atoms with E-state index in [2.05, 4.69) is 20.1 Å². The highest BCUT2D eigenvalue weighted by atomic mass is 16.5. The topological polar surface area (TPSA) is 85.0 Å². The molecule has 0 aliphatic heterocycles. The van der Waals surface area contributed by atoms with E-state index >= 15 is 0 Å². The van der Waals surface area contributed by atoms with Crippen LogP contribution in [-0.4, -0.2) is 38.0 Å². The molecule has 0 saturated carbocycles. The summed E-state index contributed by atoms with van der Waals surface area (Å²) in [6.07, 6.45) is 4.09. The fourth-order valence-electron chi connectivity index (χ4n) is 2.79. The fourth-order valence-corrected chi connectivity index (χ4v) is 2.79. The lowest BCUT2D eigenvalue weighted by atomic mass is 10.1. The van der Waals surface area contributed by atoms with Crippen LogP contribution in [-0.2, 0) is 13.0 Å². The summed E-state index contributed by atoms with van der Waals surface area (Å²) in [6.45, 7) is 5.87. The molecule has 0 spiro atoms. The number of hydrogen-bond acceptors (Lipinski definition) is 6. The van der Waals surface area contributed by atoms with E-state index in [9.17, 15) is 4.79 Å². The summed E-state index contributed by atoms with van der Waals surface area (Å²) in [5.41, 5.74) is 3.47. The molecule has 3 heterocycles. The first kappa shape index (κ1) is 17.7. The molecule has 134 valence electrons. The van der Waals surface area contributed by atoms with Crippen LogP contribution in [0.3, 0.4) is 0 Å². The third-order valence-electron chi connectivity index (χ3n) is 4.13. The first-order chi connectivity index (χ1) is 12.5. The van der Waals surface area contributed by atoms with Crippen LogP contribution in [0.2, 0.25) is 0 Å². The van der Waals surface area contributed by atoms with Crippen LogP contribution in [0.25, 0.3) is 11.3 Å². The monoisotopic (exact) mass is 351 g/mol. The zero-order valence-electron chi connectivity index (χ0n) is 15.4. The van der Waals surface area contributed by atoms with Crippen LogP contribution in [0, 0.1) is 13.8 Å². The minimum Gasteiger partial charge on any atom is -0.360 e. The van der Waals surface area contributed by atoms with Gasteiger partial charge in [0.05, 0.1) is 23.6 Å². The molecule has 7 nitrogen and oxygen atoms in total. The Morgan fingerprint density at radius 3 is 2.73 bits per heavy atom. The van der Waals surface area contributed by atoms with Crippen molar-refractivity contribution in [3.63, 3.8) is 0 Å². The van der Waals surface area contributed by atoms with Crippen LogP contribution < -0.4 is 0 Å². The molecule has 0 saturated heterocycles. The lowest BCUT2D eigenvalue weighted by molar-refractivity contribution is 0.0780. The van der Waals surface area contributed by atoms with Gasteiger partial charge in [-0.05, 0) is 26.0 Å². The van der Waals surface area contributed by atoms with Crippen LogP contribution in [0.1, 0.15) is 40.3 Å². The molecule has 7 heteroatoms. The van der Waals surface area contributed by atoms with Gasteiger partial charge < -0.3 is 9.42 Å². The minimum atomic E-state index is -0.135. The Morgan fingerprint density at radius 1 is 1.23 bits per heavy atom. The second-order valence-corrected chi connectivity index (χ2v) is 6.07. The van der Waals surface area contributed by atoms with Crippen molar-refractivity contribution in [1.29, 1.82) is 0 Å². The van der Waals surface area contributed by atoms with E-state index in [1.807, 2.05) is 32.0 Å². The van der Waals surface area contributed by atoms with Crippen LogP contribution in [0.4, 0.5) is 0 Å². The highest BCUT2D eigenvalue weighted by molar-refractivity contribution is 5.96. The molecular formula is C19H21N5O2. The standard InChI is InChI=1S/C19H21N5O2/c1-5-17-18(12(2)23-26-17)19(25)24(4)11-16-14(10-21-13(3)22-16)15-8-6-7-9-20-15/h6-10H,5,11H2,1-4H3. The van der Waals surface area contributed by atoms with Crippen molar-refractivity contribution in [3.05, 3.63) is 59.1 Å². The Kier molecular flexibility index (Phi) is 5.06. The van der Waals surface area contributed by atoms with E-state index in [1.54, 1.807) is 31.3 Å². The number of carbonyl (C=O) groups is 1. The van der Waals surface area contributed by atoms with Crippen LogP contribution in [0.15, 0.2) is 35.1 Å². The van der Waals surface area contributed by atoms with Gasteiger partial charge in [-0.15, -0.1) is 0 Å². The van der Waals surface area contributed by atoms with Gasteiger partial charge in [0, 0.05) is 31.4 Å². The molecule has 0 aromatic carbocycles. The Bertz CT molecular complexity index is 921. The lowest BCUT2D eigenvalue weighted by Gasteiger charge is -2.18. The zero-order valence-corrected chi connectivity index (χ0v) is 15.4. The summed E-state index contributed by atoms with van der Waals surface area (Å²) in [4.78, 5) is 27.7. The molecule has 0 bridgehead atoms. The molecule has 0 aliphatic rings. The Labute approximate surface area is 152 Å². The summed E-state index contributed by atoms with van der Waals surface area (Å²) < 4.78 is 5.25. The molecular weight excluding hydrogens is 330 g/mol. The number of aryl methyl sites for hydroxylation is 3. The molecule has 26 heavy (non-hydrogen) atoms. The highest BCUT2D eigenvalue weighted by Crippen LogP contribution is 2.22. The Morgan fingerprint density at radius 2 is 2.04 bits per heavy atom. The van der Waals surface area contributed by atoms with E-state index in [-0.39, 0.29) is 5.91 Å². The van der Waals surface area contributed by atoms with Crippen LogP contribution >= 0.6 is 0 Å². The molecule has 0 unspecified atom stereocenters. The first-order valence-electron chi connectivity index (χ1n) is 8.45. The number of pyridine rings is 1.